The predicted molar refractivity (Wildman–Crippen MR) is 117 cm³/mol. The van der Waals surface area contributed by atoms with E-state index in [-0.39, 0.29) is 0 Å². The summed E-state index contributed by atoms with van der Waals surface area (Å²) in [6.45, 7) is 0. The Bertz CT molecular complexity index is 741. The van der Waals surface area contributed by atoms with E-state index in [0.717, 1.165) is 29.6 Å². The van der Waals surface area contributed by atoms with Gasteiger partial charge in [0.2, 0.25) is 0 Å². The van der Waals surface area contributed by atoms with Gasteiger partial charge in [-0.05, 0) is 112 Å². The van der Waals surface area contributed by atoms with Gasteiger partial charge in [0.25, 0.3) is 0 Å². The largest absolute Gasteiger partial charge is 0.299 e. The van der Waals surface area contributed by atoms with E-state index in [4.69, 9.17) is 0 Å². The second-order valence-corrected chi connectivity index (χ2v) is 12.8. The van der Waals surface area contributed by atoms with Gasteiger partial charge in [-0.1, -0.05) is 25.7 Å². The summed E-state index contributed by atoms with van der Waals surface area (Å²) in [5.41, 5.74) is 0. The van der Waals surface area contributed by atoms with Crippen molar-refractivity contribution >= 4 is 11.6 Å². The molecule has 7 aliphatic rings. The van der Waals surface area contributed by atoms with E-state index in [1.165, 1.54) is 89.9 Å². The molecule has 0 aromatic carbocycles. The van der Waals surface area contributed by atoms with E-state index < -0.39 is 0 Å². The Morgan fingerprint density at radius 1 is 0.467 bits per heavy atom. The Hall–Kier alpha value is -0.660. The highest BCUT2D eigenvalue weighted by molar-refractivity contribution is 5.87. The van der Waals surface area contributed by atoms with Crippen molar-refractivity contribution in [2.24, 2.45) is 71.0 Å². The highest BCUT2D eigenvalue weighted by Gasteiger charge is 2.61. The molecule has 30 heavy (non-hydrogen) atoms. The van der Waals surface area contributed by atoms with Gasteiger partial charge in [0.15, 0.2) is 0 Å². The highest BCUT2D eigenvalue weighted by atomic mass is 16.1. The Morgan fingerprint density at radius 3 is 1.97 bits per heavy atom. The molecule has 2 heteroatoms. The van der Waals surface area contributed by atoms with Crippen LogP contribution in [0.5, 0.6) is 0 Å². The molecule has 0 aromatic heterocycles. The van der Waals surface area contributed by atoms with Crippen molar-refractivity contribution in [3.63, 3.8) is 0 Å². The van der Waals surface area contributed by atoms with E-state index in [1.807, 2.05) is 0 Å². The van der Waals surface area contributed by atoms with Crippen LogP contribution in [-0.4, -0.2) is 11.6 Å². The van der Waals surface area contributed by atoms with Crippen LogP contribution in [-0.2, 0) is 9.59 Å². The number of hydrogen-bond acceptors (Lipinski definition) is 2. The number of Topliss-reactive ketones (excluding diaryl/α,β-unsaturated/α-hetero) is 2. The number of ketones is 2. The smallest absolute Gasteiger partial charge is 0.139 e. The van der Waals surface area contributed by atoms with Crippen molar-refractivity contribution in [1.82, 2.24) is 0 Å². The second-order valence-electron chi connectivity index (χ2n) is 12.8. The molecule has 7 saturated carbocycles. The van der Waals surface area contributed by atoms with Crippen LogP contribution >= 0.6 is 0 Å². The van der Waals surface area contributed by atoms with E-state index in [1.54, 1.807) is 0 Å². The van der Waals surface area contributed by atoms with Crippen molar-refractivity contribution in [1.29, 1.82) is 0 Å². The zero-order valence-electron chi connectivity index (χ0n) is 18.6. The average molecular weight is 409 g/mol. The molecule has 0 amide bonds. The van der Waals surface area contributed by atoms with Gasteiger partial charge >= 0.3 is 0 Å². The molecule has 7 aliphatic carbocycles. The quantitative estimate of drug-likeness (QED) is 0.487. The maximum Gasteiger partial charge on any atom is 0.139 e. The molecule has 7 rings (SSSR count). The SMILES string of the molecule is O=C1C2CCCCC2C2C1CCC1CC3CCC4C5CCCCC5C(=O)C4C3CC12. The molecule has 0 radical (unpaired) electrons. The topological polar surface area (TPSA) is 34.1 Å². The first-order valence-electron chi connectivity index (χ1n) is 13.8. The fraction of sp³-hybridized carbons (Fsp3) is 0.929. The number of rotatable bonds is 0. The summed E-state index contributed by atoms with van der Waals surface area (Å²) < 4.78 is 0. The summed E-state index contributed by atoms with van der Waals surface area (Å²) >= 11 is 0. The van der Waals surface area contributed by atoms with Crippen molar-refractivity contribution in [2.45, 2.75) is 89.9 Å². The Labute approximate surface area is 182 Å². The monoisotopic (exact) mass is 408 g/mol. The van der Waals surface area contributed by atoms with Gasteiger partial charge in [-0.25, -0.2) is 0 Å². The fourth-order valence-electron chi connectivity index (χ4n) is 11.2. The summed E-state index contributed by atoms with van der Waals surface area (Å²) in [7, 11) is 0. The van der Waals surface area contributed by atoms with E-state index in [0.29, 0.717) is 53.0 Å². The summed E-state index contributed by atoms with van der Waals surface area (Å²) in [6.07, 6.45) is 18.3. The lowest BCUT2D eigenvalue weighted by Gasteiger charge is -2.53. The molecular formula is C28H40O2. The van der Waals surface area contributed by atoms with Crippen LogP contribution in [0.15, 0.2) is 0 Å². The van der Waals surface area contributed by atoms with Gasteiger partial charge in [-0.3, -0.25) is 9.59 Å². The molecule has 0 aliphatic heterocycles. The lowest BCUT2D eigenvalue weighted by molar-refractivity contribution is -0.132. The Kier molecular flexibility index (Phi) is 4.35. The molecule has 0 saturated heterocycles. The van der Waals surface area contributed by atoms with Crippen LogP contribution in [0.25, 0.3) is 0 Å². The standard InChI is InChI=1S/C28H40O2/c29-27-21-8-4-2-6-18(21)25-22(27)12-10-15-13-16-9-11-19-17-5-1-3-7-20(17)28(30)26(19)24(16)14-23(15)25/h15-26H,1-14H2. The molecule has 0 spiro atoms. The molecule has 12 unspecified atom stereocenters. The third-order valence-electron chi connectivity index (χ3n) is 12.1. The third-order valence-corrected chi connectivity index (χ3v) is 12.1. The minimum absolute atomic E-state index is 0.400. The van der Waals surface area contributed by atoms with Crippen LogP contribution in [0.2, 0.25) is 0 Å². The normalized spacial score (nSPS) is 56.9. The first kappa shape index (κ1) is 18.9. The van der Waals surface area contributed by atoms with Crippen LogP contribution < -0.4 is 0 Å². The van der Waals surface area contributed by atoms with Gasteiger partial charge in [0, 0.05) is 23.7 Å². The Morgan fingerprint density at radius 2 is 1.13 bits per heavy atom. The number of hydrogen-bond donors (Lipinski definition) is 0. The molecule has 0 bridgehead atoms. The summed E-state index contributed by atoms with van der Waals surface area (Å²) in [4.78, 5) is 26.9. The molecule has 0 aromatic rings. The molecule has 0 heterocycles. The Balaban J connectivity index is 1.19. The molecule has 2 nitrogen and oxygen atoms in total. The van der Waals surface area contributed by atoms with Crippen LogP contribution in [0, 0.1) is 71.0 Å². The fourth-order valence-corrected chi connectivity index (χ4v) is 11.2. The maximum atomic E-state index is 13.6. The van der Waals surface area contributed by atoms with E-state index in [2.05, 4.69) is 0 Å². The summed E-state index contributed by atoms with van der Waals surface area (Å²) in [6, 6.07) is 0. The van der Waals surface area contributed by atoms with Gasteiger partial charge < -0.3 is 0 Å². The molecule has 12 atom stereocenters. The van der Waals surface area contributed by atoms with Crippen molar-refractivity contribution in [2.75, 3.05) is 0 Å². The van der Waals surface area contributed by atoms with Gasteiger partial charge in [-0.15, -0.1) is 0 Å². The average Bonchev–Trinajstić information content (AvgIpc) is 3.25. The molecule has 164 valence electrons. The molecule has 7 fully saturated rings. The van der Waals surface area contributed by atoms with Gasteiger partial charge in [-0.2, -0.15) is 0 Å². The van der Waals surface area contributed by atoms with Gasteiger partial charge in [0.05, 0.1) is 0 Å². The number of carbonyl (C=O) groups is 2. The second kappa shape index (κ2) is 6.92. The van der Waals surface area contributed by atoms with Crippen molar-refractivity contribution in [3.8, 4) is 0 Å². The van der Waals surface area contributed by atoms with Crippen LogP contribution in [0.3, 0.4) is 0 Å². The summed E-state index contributed by atoms with van der Waals surface area (Å²) in [5.74, 6) is 9.08. The first-order chi connectivity index (χ1) is 14.7. The lowest BCUT2D eigenvalue weighted by Crippen LogP contribution is -2.48. The minimum atomic E-state index is 0.400. The summed E-state index contributed by atoms with van der Waals surface area (Å²) in [5, 5.41) is 0. The molecular weight excluding hydrogens is 368 g/mol. The number of fused-ring (bicyclic) bond motifs is 10. The lowest BCUT2D eigenvalue weighted by atomic mass is 9.51. The first-order valence-corrected chi connectivity index (χ1v) is 13.8. The van der Waals surface area contributed by atoms with Crippen LogP contribution in [0.4, 0.5) is 0 Å². The van der Waals surface area contributed by atoms with Crippen molar-refractivity contribution < 1.29 is 9.59 Å². The van der Waals surface area contributed by atoms with Crippen LogP contribution in [0.1, 0.15) is 89.9 Å². The third kappa shape index (κ3) is 2.49. The minimum Gasteiger partial charge on any atom is -0.299 e. The molecule has 0 N–H and O–H groups in total. The van der Waals surface area contributed by atoms with Crippen molar-refractivity contribution in [3.05, 3.63) is 0 Å². The van der Waals surface area contributed by atoms with E-state index >= 15 is 0 Å². The predicted octanol–water partition coefficient (Wildman–Crippen LogP) is 6.08. The maximum absolute atomic E-state index is 13.6. The zero-order chi connectivity index (χ0) is 20.0. The van der Waals surface area contributed by atoms with Gasteiger partial charge in [0.1, 0.15) is 11.6 Å². The highest BCUT2D eigenvalue weighted by Crippen LogP contribution is 2.64. The zero-order valence-corrected chi connectivity index (χ0v) is 18.6. The number of carbonyl (C=O) groups excluding carboxylic acids is 2. The van der Waals surface area contributed by atoms with E-state index in [9.17, 15) is 9.59 Å².